The second kappa shape index (κ2) is 17.6. The van der Waals surface area contributed by atoms with Crippen LogP contribution in [0.1, 0.15) is 65.1 Å². The van der Waals surface area contributed by atoms with Crippen molar-refractivity contribution < 1.29 is 29.3 Å². The van der Waals surface area contributed by atoms with Gasteiger partial charge in [-0.3, -0.25) is 19.5 Å². The predicted octanol–water partition coefficient (Wildman–Crippen LogP) is 8.44. The lowest BCUT2D eigenvalue weighted by Gasteiger charge is -2.46. The number of ether oxygens (including phenoxy) is 2. The van der Waals surface area contributed by atoms with Crippen molar-refractivity contribution >= 4 is 23.5 Å². The summed E-state index contributed by atoms with van der Waals surface area (Å²) < 4.78 is 12.6. The maximum Gasteiger partial charge on any atom is 0.311 e. The lowest BCUT2D eigenvalue weighted by molar-refractivity contribution is -0.150. The number of amides is 1. The molecule has 2 aliphatic rings. The molecule has 0 unspecified atom stereocenters. The summed E-state index contributed by atoms with van der Waals surface area (Å²) in [5.41, 5.74) is 9.37. The van der Waals surface area contributed by atoms with Crippen LogP contribution >= 0.6 is 11.6 Å². The number of β-lactam (4-membered cyclic amide) rings is 1. The van der Waals surface area contributed by atoms with E-state index >= 15 is 0 Å². The molecule has 5 aromatic rings. The van der Waals surface area contributed by atoms with Gasteiger partial charge in [-0.15, -0.1) is 0 Å². The number of hydrogen-bond acceptors (Lipinski definition) is 8. The molecule has 0 saturated carbocycles. The Morgan fingerprint density at radius 3 is 2.27 bits per heavy atom. The summed E-state index contributed by atoms with van der Waals surface area (Å²) in [5.74, 6) is -0.0176. The van der Waals surface area contributed by atoms with Crippen LogP contribution in [0.4, 0.5) is 0 Å². The van der Waals surface area contributed by atoms with Crippen molar-refractivity contribution in [1.29, 1.82) is 5.26 Å². The summed E-state index contributed by atoms with van der Waals surface area (Å²) in [6.07, 6.45) is 5.38. The second-order valence-corrected chi connectivity index (χ2v) is 16.6. The number of likely N-dealkylation sites (tertiary alicyclic amines) is 1. The Labute approximate surface area is 350 Å². The minimum atomic E-state index is -1.34. The summed E-state index contributed by atoms with van der Waals surface area (Å²) in [4.78, 5) is 30.6. The van der Waals surface area contributed by atoms with Crippen LogP contribution < -0.4 is 14.8 Å². The molecule has 304 valence electrons. The molecule has 3 heterocycles. The van der Waals surface area contributed by atoms with Crippen LogP contribution in [-0.2, 0) is 35.8 Å². The van der Waals surface area contributed by atoms with Crippen molar-refractivity contribution in [2.45, 2.75) is 66.2 Å². The number of aliphatic hydroxyl groups is 1. The number of carbonyl (C=O) groups excluding carboxylic acids is 1. The summed E-state index contributed by atoms with van der Waals surface area (Å²) in [6.45, 7) is 9.17. The number of benzene rings is 4. The first-order chi connectivity index (χ1) is 28.4. The zero-order valence-electron chi connectivity index (χ0n) is 33.7. The van der Waals surface area contributed by atoms with Crippen LogP contribution in [0.25, 0.3) is 22.3 Å². The first kappa shape index (κ1) is 41.4. The summed E-state index contributed by atoms with van der Waals surface area (Å²) in [5, 5.41) is 32.2. The Kier molecular flexibility index (Phi) is 12.4. The number of pyridine rings is 1. The molecule has 59 heavy (non-hydrogen) atoms. The number of aliphatic carboxylic acids is 1. The zero-order valence-corrected chi connectivity index (χ0v) is 34.4. The number of nitrogens with zero attached hydrogens (tertiary/aromatic N) is 3. The lowest BCUT2D eigenvalue weighted by Crippen LogP contribution is -2.62. The van der Waals surface area contributed by atoms with Crippen LogP contribution in [0.3, 0.4) is 0 Å². The Bertz CT molecular complexity index is 2400. The number of nitriles is 1. The lowest BCUT2D eigenvalue weighted by atomic mass is 9.72. The van der Waals surface area contributed by atoms with E-state index in [4.69, 9.17) is 21.1 Å². The van der Waals surface area contributed by atoms with E-state index in [1.165, 1.54) is 29.8 Å². The molecule has 2 fully saturated rings. The van der Waals surface area contributed by atoms with E-state index in [0.29, 0.717) is 33.2 Å². The fraction of sp³-hybridized carbons (Fsp3) is 0.333. The number of rotatable bonds is 15. The topological polar surface area (TPSA) is 145 Å². The summed E-state index contributed by atoms with van der Waals surface area (Å²) >= 11 is 6.81. The molecule has 7 rings (SSSR count). The molecule has 11 heteroatoms. The number of carbonyl (C=O) groups is 2. The number of hydrogen-bond donors (Lipinski definition) is 3. The maximum atomic E-state index is 12.1. The van der Waals surface area contributed by atoms with Gasteiger partial charge in [0.05, 0.1) is 28.0 Å². The van der Waals surface area contributed by atoms with Gasteiger partial charge in [-0.2, -0.15) is 5.26 Å². The Morgan fingerprint density at radius 1 is 0.915 bits per heavy atom. The van der Waals surface area contributed by atoms with E-state index in [9.17, 15) is 25.1 Å². The van der Waals surface area contributed by atoms with Gasteiger partial charge in [-0.25, -0.2) is 0 Å². The summed E-state index contributed by atoms with van der Waals surface area (Å²) in [6, 6.07) is 28.7. The summed E-state index contributed by atoms with van der Waals surface area (Å²) in [7, 11) is 0. The van der Waals surface area contributed by atoms with Gasteiger partial charge in [-0.1, -0.05) is 72.3 Å². The van der Waals surface area contributed by atoms with Gasteiger partial charge < -0.3 is 25.0 Å². The Hall–Kier alpha value is -5.73. The highest BCUT2D eigenvalue weighted by Gasteiger charge is 2.47. The first-order valence-electron chi connectivity index (χ1n) is 20.0. The Balaban J connectivity index is 1.07. The molecule has 2 aliphatic heterocycles. The van der Waals surface area contributed by atoms with E-state index in [1.807, 2.05) is 12.1 Å². The number of carboxylic acids is 1. The SMILES string of the molecule is Cc1c(COc2cc(OCc3cncc(C#N)c3)c(CC[C@](C)(CO)C(=O)O)cc2Cl)cccc1-c1cccc(-c2ccc(CN3CCC4(CC3)CNC4=O)cc2)c1C. The van der Waals surface area contributed by atoms with Gasteiger partial charge in [0.1, 0.15) is 30.8 Å². The molecule has 2 saturated heterocycles. The van der Waals surface area contributed by atoms with E-state index in [0.717, 1.165) is 66.8 Å². The molecule has 10 nitrogen and oxygen atoms in total. The van der Waals surface area contributed by atoms with Crippen LogP contribution in [0, 0.1) is 36.0 Å². The smallest absolute Gasteiger partial charge is 0.311 e. The highest BCUT2D eigenvalue weighted by molar-refractivity contribution is 6.32. The highest BCUT2D eigenvalue weighted by Crippen LogP contribution is 2.39. The van der Waals surface area contributed by atoms with Crippen LogP contribution in [0.2, 0.25) is 5.02 Å². The molecule has 0 aliphatic carbocycles. The minimum absolute atomic E-state index is 0.109. The van der Waals surface area contributed by atoms with Crippen LogP contribution in [0.15, 0.2) is 91.3 Å². The van der Waals surface area contributed by atoms with E-state index in [1.54, 1.807) is 24.4 Å². The van der Waals surface area contributed by atoms with Gasteiger partial charge in [0.15, 0.2) is 0 Å². The monoisotopic (exact) mass is 812 g/mol. The van der Waals surface area contributed by atoms with Gasteiger partial charge in [0, 0.05) is 37.1 Å². The molecule has 3 N–H and O–H groups in total. The second-order valence-electron chi connectivity index (χ2n) is 16.2. The number of piperidine rings is 1. The first-order valence-corrected chi connectivity index (χ1v) is 20.3. The average molecular weight is 813 g/mol. The van der Waals surface area contributed by atoms with E-state index in [2.05, 4.69) is 83.6 Å². The van der Waals surface area contributed by atoms with Crippen molar-refractivity contribution in [3.05, 3.63) is 135 Å². The van der Waals surface area contributed by atoms with Gasteiger partial charge in [-0.05, 0) is 122 Å². The number of aromatic nitrogens is 1. The highest BCUT2D eigenvalue weighted by atomic mass is 35.5. The van der Waals surface area contributed by atoms with Crippen molar-refractivity contribution in [1.82, 2.24) is 15.2 Å². The number of nitrogens with one attached hydrogen (secondary N) is 1. The van der Waals surface area contributed by atoms with Crippen molar-refractivity contribution in [2.24, 2.45) is 10.8 Å². The van der Waals surface area contributed by atoms with Gasteiger partial charge >= 0.3 is 5.97 Å². The third kappa shape index (κ3) is 8.98. The molecule has 1 spiro atoms. The number of halogens is 1. The fourth-order valence-electron chi connectivity index (χ4n) is 8.00. The molecular formula is C48H49ClN4O6. The molecule has 1 amide bonds. The zero-order chi connectivity index (χ0) is 41.7. The fourth-order valence-corrected chi connectivity index (χ4v) is 8.24. The molecule has 0 bridgehead atoms. The van der Waals surface area contributed by atoms with Crippen molar-refractivity contribution in [3.63, 3.8) is 0 Å². The third-order valence-corrected chi connectivity index (χ3v) is 12.5. The largest absolute Gasteiger partial charge is 0.488 e. The maximum absolute atomic E-state index is 12.1. The van der Waals surface area contributed by atoms with Gasteiger partial charge in [0.2, 0.25) is 5.91 Å². The third-order valence-electron chi connectivity index (χ3n) is 12.3. The molecule has 1 atom stereocenters. The van der Waals surface area contributed by atoms with Crippen molar-refractivity contribution in [2.75, 3.05) is 26.2 Å². The molecule has 1 aromatic heterocycles. The molecule has 0 radical (unpaired) electrons. The van der Waals surface area contributed by atoms with Crippen molar-refractivity contribution in [3.8, 4) is 39.8 Å². The van der Waals surface area contributed by atoms with Gasteiger partial charge in [0.25, 0.3) is 0 Å². The quantitative estimate of drug-likeness (QED) is 0.0887. The van der Waals surface area contributed by atoms with Crippen LogP contribution in [0.5, 0.6) is 11.5 Å². The molecule has 4 aromatic carbocycles. The predicted molar refractivity (Wildman–Crippen MR) is 227 cm³/mol. The standard InChI is InChI=1S/C48H49ClN4O6/c1-31-38(28-59-44-22-43(58-27-35-20-34(23-50)24-51-25-35)37(21-42(44)49)14-15-47(3,30-54)46(56)57)6-4-8-40(31)41-9-5-7-39(32(41)2)36-12-10-33(11-13-36)26-53-18-16-48(17-19-53)29-52-45(48)55/h4-13,20-22,24-25,54H,14-19,26-30H2,1-3H3,(H,52,55)(H,56,57)/t47-/m1/s1. The number of carboxylic acid groups (broad SMARTS) is 1. The molecular weight excluding hydrogens is 764 g/mol. The minimum Gasteiger partial charge on any atom is -0.488 e. The van der Waals surface area contributed by atoms with E-state index in [-0.39, 0.29) is 37.4 Å². The Morgan fingerprint density at radius 2 is 1.61 bits per heavy atom. The average Bonchev–Trinajstić information content (AvgIpc) is 3.25. The number of aliphatic hydroxyl groups excluding tert-OH is 1. The normalized spacial score (nSPS) is 15.8. The van der Waals surface area contributed by atoms with E-state index < -0.39 is 18.0 Å². The number of aryl methyl sites for hydroxylation is 1. The van der Waals surface area contributed by atoms with Crippen LogP contribution in [-0.4, -0.2) is 58.2 Å².